The van der Waals surface area contributed by atoms with Crippen LogP contribution in [0.25, 0.3) is 0 Å². The molecule has 0 radical (unpaired) electrons. The highest BCUT2D eigenvalue weighted by molar-refractivity contribution is 5.72. The van der Waals surface area contributed by atoms with Crippen LogP contribution in [0, 0.1) is 23.2 Å². The van der Waals surface area contributed by atoms with Crippen molar-refractivity contribution in [3.63, 3.8) is 0 Å². The first-order chi connectivity index (χ1) is 6.36. The maximum absolute atomic E-state index is 11.4. The molecule has 0 aromatic carbocycles. The molecule has 1 saturated carbocycles. The number of hydrogen-bond acceptors (Lipinski definition) is 2. The Balaban J connectivity index is 2.65. The first kappa shape index (κ1) is 11.5. The minimum atomic E-state index is -0.0244. The number of ether oxygens (including phenoxy) is 1. The summed E-state index contributed by atoms with van der Waals surface area (Å²) in [7, 11) is 1.48. The molecule has 3 atom stereocenters. The molecule has 82 valence electrons. The smallest absolute Gasteiger partial charge is 0.308 e. The molecule has 2 heteroatoms. The Bertz CT molecular complexity index is 215. The molecule has 1 aliphatic carbocycles. The average molecular weight is 198 g/mol. The van der Waals surface area contributed by atoms with Crippen LogP contribution in [0.4, 0.5) is 0 Å². The summed E-state index contributed by atoms with van der Waals surface area (Å²) in [6.45, 7) is 9.02. The molecule has 1 aliphatic rings. The molecule has 0 aromatic heterocycles. The van der Waals surface area contributed by atoms with Crippen molar-refractivity contribution in [2.45, 2.75) is 40.5 Å². The third-order valence-corrected chi connectivity index (χ3v) is 3.53. The van der Waals surface area contributed by atoms with Crippen molar-refractivity contribution in [1.29, 1.82) is 0 Å². The van der Waals surface area contributed by atoms with Crippen LogP contribution >= 0.6 is 0 Å². The van der Waals surface area contributed by atoms with E-state index in [1.165, 1.54) is 7.11 Å². The van der Waals surface area contributed by atoms with E-state index in [1.54, 1.807) is 0 Å². The minimum absolute atomic E-state index is 0.0244. The lowest BCUT2D eigenvalue weighted by molar-refractivity contribution is -0.145. The summed E-state index contributed by atoms with van der Waals surface area (Å²) in [6, 6.07) is 0. The molecule has 2 nitrogen and oxygen atoms in total. The van der Waals surface area contributed by atoms with Crippen molar-refractivity contribution in [3.05, 3.63) is 0 Å². The monoisotopic (exact) mass is 198 g/mol. The van der Waals surface area contributed by atoms with Crippen molar-refractivity contribution in [1.82, 2.24) is 0 Å². The van der Waals surface area contributed by atoms with Crippen molar-refractivity contribution >= 4 is 5.97 Å². The van der Waals surface area contributed by atoms with Crippen molar-refractivity contribution < 1.29 is 9.53 Å². The Morgan fingerprint density at radius 3 is 2.21 bits per heavy atom. The zero-order chi connectivity index (χ0) is 10.9. The Hall–Kier alpha value is -0.530. The van der Waals surface area contributed by atoms with Crippen molar-refractivity contribution in [2.24, 2.45) is 23.2 Å². The fourth-order valence-corrected chi connectivity index (χ4v) is 2.81. The van der Waals surface area contributed by atoms with E-state index in [0.717, 1.165) is 12.8 Å². The van der Waals surface area contributed by atoms with Gasteiger partial charge in [0, 0.05) is 0 Å². The normalized spacial score (nSPS) is 33.1. The van der Waals surface area contributed by atoms with E-state index in [0.29, 0.717) is 17.3 Å². The van der Waals surface area contributed by atoms with Gasteiger partial charge in [0.1, 0.15) is 0 Å². The predicted octanol–water partition coefficient (Wildman–Crippen LogP) is 2.87. The van der Waals surface area contributed by atoms with E-state index in [-0.39, 0.29) is 11.9 Å². The minimum Gasteiger partial charge on any atom is -0.469 e. The lowest BCUT2D eigenvalue weighted by Gasteiger charge is -2.30. The first-order valence-corrected chi connectivity index (χ1v) is 5.44. The third kappa shape index (κ3) is 2.28. The topological polar surface area (TPSA) is 26.3 Å². The Kier molecular flexibility index (Phi) is 3.23. The number of methoxy groups -OCH3 is 1. The van der Waals surface area contributed by atoms with Crippen LogP contribution in [0.1, 0.15) is 40.5 Å². The van der Waals surface area contributed by atoms with Crippen molar-refractivity contribution in [2.75, 3.05) is 7.11 Å². The molecule has 0 saturated heterocycles. The summed E-state index contributed by atoms with van der Waals surface area (Å²) in [5.41, 5.74) is 0.308. The Morgan fingerprint density at radius 2 is 1.86 bits per heavy atom. The van der Waals surface area contributed by atoms with Gasteiger partial charge >= 0.3 is 5.97 Å². The third-order valence-electron chi connectivity index (χ3n) is 3.53. The fourth-order valence-electron chi connectivity index (χ4n) is 2.81. The number of hydrogen-bond donors (Lipinski definition) is 0. The van der Waals surface area contributed by atoms with Crippen LogP contribution in [0.15, 0.2) is 0 Å². The van der Waals surface area contributed by atoms with E-state index in [2.05, 4.69) is 27.7 Å². The average Bonchev–Trinajstić information content (AvgIpc) is 2.45. The first-order valence-electron chi connectivity index (χ1n) is 5.44. The molecular formula is C12H22O2. The lowest BCUT2D eigenvalue weighted by Crippen LogP contribution is -2.22. The van der Waals surface area contributed by atoms with Gasteiger partial charge in [-0.2, -0.15) is 0 Å². The van der Waals surface area contributed by atoms with Gasteiger partial charge in [0.15, 0.2) is 0 Å². The molecule has 0 heterocycles. The summed E-state index contributed by atoms with van der Waals surface area (Å²) in [5, 5.41) is 0. The predicted molar refractivity (Wildman–Crippen MR) is 56.8 cm³/mol. The highest BCUT2D eigenvalue weighted by Crippen LogP contribution is 2.46. The number of esters is 1. The number of rotatable bonds is 1. The molecule has 0 N–H and O–H groups in total. The molecule has 0 bridgehead atoms. The van der Waals surface area contributed by atoms with Gasteiger partial charge in [-0.15, -0.1) is 0 Å². The highest BCUT2D eigenvalue weighted by atomic mass is 16.5. The largest absolute Gasteiger partial charge is 0.469 e. The van der Waals surface area contributed by atoms with Crippen LogP contribution in [-0.4, -0.2) is 13.1 Å². The molecule has 1 fully saturated rings. The zero-order valence-corrected chi connectivity index (χ0v) is 9.96. The SMILES string of the molecule is COC(=O)C1CC(C)C(C(C)(C)C)C1. The summed E-state index contributed by atoms with van der Waals surface area (Å²) in [5.74, 6) is 1.40. The summed E-state index contributed by atoms with van der Waals surface area (Å²) >= 11 is 0. The molecule has 3 unspecified atom stereocenters. The van der Waals surface area contributed by atoms with E-state index in [4.69, 9.17) is 4.74 Å². The zero-order valence-electron chi connectivity index (χ0n) is 9.96. The maximum Gasteiger partial charge on any atom is 0.308 e. The molecule has 1 rings (SSSR count). The molecular weight excluding hydrogens is 176 g/mol. The maximum atomic E-state index is 11.4. The Morgan fingerprint density at radius 1 is 1.29 bits per heavy atom. The van der Waals surface area contributed by atoms with E-state index in [9.17, 15) is 4.79 Å². The quantitative estimate of drug-likeness (QED) is 0.606. The lowest BCUT2D eigenvalue weighted by atomic mass is 9.75. The second-order valence-electron chi connectivity index (χ2n) is 5.64. The molecule has 0 spiro atoms. The second kappa shape index (κ2) is 3.92. The van der Waals surface area contributed by atoms with Gasteiger partial charge in [-0.05, 0) is 30.1 Å². The van der Waals surface area contributed by atoms with Gasteiger partial charge in [-0.3, -0.25) is 4.79 Å². The van der Waals surface area contributed by atoms with Gasteiger partial charge in [0.25, 0.3) is 0 Å². The van der Waals surface area contributed by atoms with Gasteiger partial charge < -0.3 is 4.74 Å². The van der Waals surface area contributed by atoms with Gasteiger partial charge in [0.05, 0.1) is 13.0 Å². The standard InChI is InChI=1S/C12H22O2/c1-8-6-9(11(13)14-5)7-10(8)12(2,3)4/h8-10H,6-7H2,1-5H3. The molecule has 14 heavy (non-hydrogen) atoms. The second-order valence-corrected chi connectivity index (χ2v) is 5.64. The van der Waals surface area contributed by atoms with Gasteiger partial charge in [-0.25, -0.2) is 0 Å². The van der Waals surface area contributed by atoms with Gasteiger partial charge in [-0.1, -0.05) is 27.7 Å². The van der Waals surface area contributed by atoms with Crippen LogP contribution in [0.2, 0.25) is 0 Å². The summed E-state index contributed by atoms with van der Waals surface area (Å²) in [4.78, 5) is 11.4. The van der Waals surface area contributed by atoms with Crippen LogP contribution in [-0.2, 0) is 9.53 Å². The van der Waals surface area contributed by atoms with Crippen LogP contribution in [0.5, 0.6) is 0 Å². The van der Waals surface area contributed by atoms with Crippen LogP contribution in [0.3, 0.4) is 0 Å². The van der Waals surface area contributed by atoms with Gasteiger partial charge in [0.2, 0.25) is 0 Å². The summed E-state index contributed by atoms with van der Waals surface area (Å²) < 4.78 is 4.80. The molecule has 0 amide bonds. The van der Waals surface area contributed by atoms with E-state index < -0.39 is 0 Å². The van der Waals surface area contributed by atoms with Crippen molar-refractivity contribution in [3.8, 4) is 0 Å². The molecule has 0 aromatic rings. The fraction of sp³-hybridized carbons (Fsp3) is 0.917. The number of carbonyl (C=O) groups excluding carboxylic acids is 1. The van der Waals surface area contributed by atoms with E-state index >= 15 is 0 Å². The molecule has 0 aliphatic heterocycles. The number of carbonyl (C=O) groups is 1. The van der Waals surface area contributed by atoms with Crippen LogP contribution < -0.4 is 0 Å². The Labute approximate surface area is 87.0 Å². The summed E-state index contributed by atoms with van der Waals surface area (Å²) in [6.07, 6.45) is 1.99. The highest BCUT2D eigenvalue weighted by Gasteiger charge is 2.41. The van der Waals surface area contributed by atoms with E-state index in [1.807, 2.05) is 0 Å².